The van der Waals surface area contributed by atoms with Crippen LogP contribution in [0.2, 0.25) is 0 Å². The van der Waals surface area contributed by atoms with Gasteiger partial charge in [-0.1, -0.05) is 156 Å². The fraction of sp³-hybridized carbons (Fsp3) is 0.907. The van der Waals surface area contributed by atoms with Crippen molar-refractivity contribution in [2.75, 3.05) is 53.7 Å². The number of carbonyl (C=O) groups is 5. The first-order valence-corrected chi connectivity index (χ1v) is 27.2. The minimum absolute atomic E-state index is 0.00370. The standard InChI is InChI=1S/C54H101NO11/c1-7-11-15-19-21-29-37-47(35-27-17-13-9-3)51(57)62-43-32-24-23-31-42-61-50(56)40-39-49(66-54(60)65-46-41-55(5)6)53(59)64-45-34-26-25-33-44-63-52(58)48(36-28-18-14-10-4)38-30-22-20-16-12-8-2/h47-49H,7-46H2,1-6H3. The quantitative estimate of drug-likeness (QED) is 0.0325. The van der Waals surface area contributed by atoms with E-state index in [0.717, 1.165) is 103 Å². The molecule has 0 aliphatic heterocycles. The Morgan fingerprint density at radius 2 is 0.697 bits per heavy atom. The maximum atomic E-state index is 13.0. The summed E-state index contributed by atoms with van der Waals surface area (Å²) in [5.41, 5.74) is 0. The Bertz CT molecular complexity index is 1160. The summed E-state index contributed by atoms with van der Waals surface area (Å²) in [4.78, 5) is 65.8. The van der Waals surface area contributed by atoms with E-state index < -0.39 is 24.2 Å². The molecule has 388 valence electrons. The lowest BCUT2D eigenvalue weighted by Crippen LogP contribution is -2.31. The van der Waals surface area contributed by atoms with Crippen LogP contribution in [0.3, 0.4) is 0 Å². The van der Waals surface area contributed by atoms with Gasteiger partial charge in [0.05, 0.1) is 38.3 Å². The molecule has 0 saturated heterocycles. The molecule has 3 unspecified atom stereocenters. The predicted octanol–water partition coefficient (Wildman–Crippen LogP) is 13.8. The average Bonchev–Trinajstić information content (AvgIpc) is 3.30. The van der Waals surface area contributed by atoms with Gasteiger partial charge in [0.25, 0.3) is 0 Å². The van der Waals surface area contributed by atoms with Gasteiger partial charge in [-0.05, 0) is 91.1 Å². The van der Waals surface area contributed by atoms with Gasteiger partial charge in [0.2, 0.25) is 6.10 Å². The molecule has 0 fully saturated rings. The molecule has 0 bridgehead atoms. The van der Waals surface area contributed by atoms with Crippen molar-refractivity contribution in [3.8, 4) is 0 Å². The van der Waals surface area contributed by atoms with Gasteiger partial charge in [0.15, 0.2) is 0 Å². The van der Waals surface area contributed by atoms with Crippen molar-refractivity contribution in [1.29, 1.82) is 0 Å². The average molecular weight is 940 g/mol. The lowest BCUT2D eigenvalue weighted by molar-refractivity contribution is -0.157. The van der Waals surface area contributed by atoms with Crippen molar-refractivity contribution < 1.29 is 52.4 Å². The van der Waals surface area contributed by atoms with Crippen LogP contribution >= 0.6 is 0 Å². The molecule has 66 heavy (non-hydrogen) atoms. The van der Waals surface area contributed by atoms with Crippen LogP contribution in [0.4, 0.5) is 4.79 Å². The Labute approximate surface area is 403 Å². The van der Waals surface area contributed by atoms with Crippen molar-refractivity contribution in [1.82, 2.24) is 4.90 Å². The normalized spacial score (nSPS) is 12.7. The SMILES string of the molecule is CCCCCCCCC(CCCCCC)C(=O)OCCCCCCOC(=O)CCC(OC(=O)OCCN(C)C)C(=O)OCCCCCCOC(=O)C(CCCCCC)CCCCCCCC. The third-order valence-electron chi connectivity index (χ3n) is 12.2. The summed E-state index contributed by atoms with van der Waals surface area (Å²) in [6, 6.07) is 0. The predicted molar refractivity (Wildman–Crippen MR) is 265 cm³/mol. The van der Waals surface area contributed by atoms with Crippen molar-refractivity contribution in [2.45, 2.75) is 252 Å². The molecule has 0 aromatic heterocycles. The number of rotatable bonds is 48. The summed E-state index contributed by atoms with van der Waals surface area (Å²) in [5.74, 6) is -1.36. The fourth-order valence-corrected chi connectivity index (χ4v) is 7.89. The summed E-state index contributed by atoms with van der Waals surface area (Å²) >= 11 is 0. The number of esters is 4. The molecule has 0 heterocycles. The first-order valence-electron chi connectivity index (χ1n) is 27.2. The fourth-order valence-electron chi connectivity index (χ4n) is 7.89. The zero-order chi connectivity index (χ0) is 48.7. The maximum Gasteiger partial charge on any atom is 0.509 e. The second-order valence-electron chi connectivity index (χ2n) is 18.8. The van der Waals surface area contributed by atoms with Crippen molar-refractivity contribution >= 4 is 30.0 Å². The Balaban J connectivity index is 4.63. The van der Waals surface area contributed by atoms with Gasteiger partial charge >= 0.3 is 30.0 Å². The highest BCUT2D eigenvalue weighted by Gasteiger charge is 2.27. The molecule has 0 radical (unpaired) electrons. The molecule has 0 rings (SSSR count). The number of ether oxygens (including phenoxy) is 6. The number of carbonyl (C=O) groups excluding carboxylic acids is 5. The summed E-state index contributed by atoms with van der Waals surface area (Å²) in [6.07, 6.45) is 30.9. The van der Waals surface area contributed by atoms with Gasteiger partial charge in [-0.25, -0.2) is 9.59 Å². The van der Waals surface area contributed by atoms with Crippen LogP contribution in [0.15, 0.2) is 0 Å². The van der Waals surface area contributed by atoms with E-state index in [-0.39, 0.29) is 56.4 Å². The Kier molecular flexibility index (Phi) is 45.1. The van der Waals surface area contributed by atoms with E-state index in [2.05, 4.69) is 27.7 Å². The molecule has 0 aliphatic carbocycles. The second-order valence-corrected chi connectivity index (χ2v) is 18.8. The van der Waals surface area contributed by atoms with Gasteiger partial charge in [0.1, 0.15) is 6.61 Å². The second kappa shape index (κ2) is 47.2. The molecule has 0 aromatic rings. The number of hydrogen-bond acceptors (Lipinski definition) is 12. The minimum Gasteiger partial charge on any atom is -0.466 e. The number of hydrogen-bond donors (Lipinski definition) is 0. The van der Waals surface area contributed by atoms with E-state index in [9.17, 15) is 24.0 Å². The third-order valence-corrected chi connectivity index (χ3v) is 12.2. The van der Waals surface area contributed by atoms with E-state index in [1.165, 1.54) is 89.9 Å². The van der Waals surface area contributed by atoms with Gasteiger partial charge in [0, 0.05) is 19.4 Å². The van der Waals surface area contributed by atoms with E-state index in [0.29, 0.717) is 32.6 Å². The molecule has 0 spiro atoms. The van der Waals surface area contributed by atoms with Gasteiger partial charge in [-0.15, -0.1) is 0 Å². The van der Waals surface area contributed by atoms with Crippen molar-refractivity contribution in [3.05, 3.63) is 0 Å². The van der Waals surface area contributed by atoms with Crippen LogP contribution < -0.4 is 0 Å². The van der Waals surface area contributed by atoms with Gasteiger partial charge < -0.3 is 33.3 Å². The smallest absolute Gasteiger partial charge is 0.466 e. The van der Waals surface area contributed by atoms with Crippen LogP contribution in [0.25, 0.3) is 0 Å². The summed E-state index contributed by atoms with van der Waals surface area (Å²) in [5, 5.41) is 0. The van der Waals surface area contributed by atoms with Gasteiger partial charge in [-0.2, -0.15) is 0 Å². The number of likely N-dealkylation sites (N-methyl/N-ethyl adjacent to an activating group) is 1. The molecular formula is C54H101NO11. The maximum absolute atomic E-state index is 13.0. The lowest BCUT2D eigenvalue weighted by Gasteiger charge is -2.17. The summed E-state index contributed by atoms with van der Waals surface area (Å²) in [7, 11) is 3.69. The monoisotopic (exact) mass is 940 g/mol. The highest BCUT2D eigenvalue weighted by atomic mass is 16.7. The lowest BCUT2D eigenvalue weighted by atomic mass is 9.94. The van der Waals surface area contributed by atoms with Crippen LogP contribution in [0.5, 0.6) is 0 Å². The van der Waals surface area contributed by atoms with Crippen LogP contribution in [0, 0.1) is 11.8 Å². The molecular weight excluding hydrogens is 839 g/mol. The largest absolute Gasteiger partial charge is 0.509 e. The van der Waals surface area contributed by atoms with Gasteiger partial charge in [-0.3, -0.25) is 14.4 Å². The highest BCUT2D eigenvalue weighted by molar-refractivity contribution is 5.78. The molecule has 0 amide bonds. The zero-order valence-electron chi connectivity index (χ0n) is 43.5. The molecule has 12 nitrogen and oxygen atoms in total. The molecule has 0 aromatic carbocycles. The van der Waals surface area contributed by atoms with E-state index >= 15 is 0 Å². The minimum atomic E-state index is -1.31. The first kappa shape index (κ1) is 63.1. The third kappa shape index (κ3) is 40.2. The van der Waals surface area contributed by atoms with E-state index in [1.54, 1.807) is 0 Å². The van der Waals surface area contributed by atoms with Crippen LogP contribution in [-0.2, 0) is 47.6 Å². The molecule has 12 heteroatoms. The van der Waals surface area contributed by atoms with Crippen LogP contribution in [-0.4, -0.2) is 94.7 Å². The molecule has 0 saturated carbocycles. The highest BCUT2D eigenvalue weighted by Crippen LogP contribution is 2.22. The number of unbranched alkanes of at least 4 members (excludes halogenated alkanes) is 22. The molecule has 0 aliphatic rings. The molecule has 3 atom stereocenters. The summed E-state index contributed by atoms with van der Waals surface area (Å²) in [6.45, 7) is 10.6. The Morgan fingerprint density at radius 1 is 0.364 bits per heavy atom. The van der Waals surface area contributed by atoms with E-state index in [4.69, 9.17) is 28.4 Å². The Morgan fingerprint density at radius 3 is 1.09 bits per heavy atom. The molecule has 0 N–H and O–H groups in total. The Hall–Kier alpha value is -2.89. The van der Waals surface area contributed by atoms with E-state index in [1.807, 2.05) is 19.0 Å². The first-order chi connectivity index (χ1) is 32.1. The zero-order valence-corrected chi connectivity index (χ0v) is 43.5. The number of nitrogens with zero attached hydrogens (tertiary/aromatic N) is 1. The summed E-state index contributed by atoms with van der Waals surface area (Å²) < 4.78 is 32.7. The van der Waals surface area contributed by atoms with Crippen molar-refractivity contribution in [3.63, 3.8) is 0 Å². The van der Waals surface area contributed by atoms with Crippen molar-refractivity contribution in [2.24, 2.45) is 11.8 Å². The topological polar surface area (TPSA) is 144 Å². The van der Waals surface area contributed by atoms with Crippen LogP contribution in [0.1, 0.15) is 246 Å².